The molecule has 27 heavy (non-hydrogen) atoms. The van der Waals surface area contributed by atoms with Crippen LogP contribution in [0.25, 0.3) is 10.8 Å². The molecule has 1 aliphatic rings. The van der Waals surface area contributed by atoms with Gasteiger partial charge in [0.1, 0.15) is 0 Å². The fourth-order valence-corrected chi connectivity index (χ4v) is 3.59. The third-order valence-electron chi connectivity index (χ3n) is 5.28. The monoisotopic (exact) mass is 358 g/mol. The van der Waals surface area contributed by atoms with Gasteiger partial charge in [0, 0.05) is 31.2 Å². The van der Waals surface area contributed by atoms with Crippen LogP contribution in [-0.2, 0) is 11.3 Å². The maximum absolute atomic E-state index is 12.4. The zero-order valence-electron chi connectivity index (χ0n) is 15.8. The minimum Gasteiger partial charge on any atom is -0.326 e. The molecule has 0 bridgehead atoms. The van der Waals surface area contributed by atoms with Gasteiger partial charge in [0.05, 0.1) is 0 Å². The fourth-order valence-electron chi connectivity index (χ4n) is 3.59. The lowest BCUT2D eigenvalue weighted by Crippen LogP contribution is -2.29. The summed E-state index contributed by atoms with van der Waals surface area (Å²) < 4.78 is 0. The van der Waals surface area contributed by atoms with Crippen molar-refractivity contribution < 1.29 is 4.79 Å². The normalized spacial score (nSPS) is 13.9. The second kappa shape index (κ2) is 7.93. The smallest absolute Gasteiger partial charge is 0.225 e. The number of amides is 1. The molecule has 0 radical (unpaired) electrons. The van der Waals surface area contributed by atoms with E-state index in [2.05, 4.69) is 52.7 Å². The Balaban J connectivity index is 1.39. The summed E-state index contributed by atoms with van der Waals surface area (Å²) in [5, 5.41) is 5.61. The van der Waals surface area contributed by atoms with Gasteiger partial charge in [-0.1, -0.05) is 60.2 Å². The van der Waals surface area contributed by atoms with Gasteiger partial charge in [0.15, 0.2) is 0 Å². The Bertz CT molecular complexity index is 923. The van der Waals surface area contributed by atoms with E-state index in [9.17, 15) is 4.79 Å². The van der Waals surface area contributed by atoms with Gasteiger partial charge >= 0.3 is 0 Å². The van der Waals surface area contributed by atoms with Gasteiger partial charge in [-0.15, -0.1) is 0 Å². The standard InChI is InChI=1S/C24H26N2O/c1-18-9-11-21(12-10-18)25-24(27)15-16-26(22-13-14-22)17-20-7-4-6-19-5-2-3-8-23(19)20/h2-12,22H,13-17H2,1H3,(H,25,27). The minimum absolute atomic E-state index is 0.0856. The average molecular weight is 358 g/mol. The predicted molar refractivity (Wildman–Crippen MR) is 112 cm³/mol. The van der Waals surface area contributed by atoms with Crippen LogP contribution in [0.3, 0.4) is 0 Å². The van der Waals surface area contributed by atoms with Crippen LogP contribution in [0.4, 0.5) is 5.69 Å². The molecule has 3 aromatic carbocycles. The molecular formula is C24H26N2O. The third-order valence-corrected chi connectivity index (χ3v) is 5.28. The van der Waals surface area contributed by atoms with Gasteiger partial charge in [-0.2, -0.15) is 0 Å². The number of nitrogens with zero attached hydrogens (tertiary/aromatic N) is 1. The lowest BCUT2D eigenvalue weighted by molar-refractivity contribution is -0.116. The van der Waals surface area contributed by atoms with Crippen LogP contribution in [-0.4, -0.2) is 23.4 Å². The van der Waals surface area contributed by atoms with Crippen LogP contribution >= 0.6 is 0 Å². The van der Waals surface area contributed by atoms with E-state index < -0.39 is 0 Å². The highest BCUT2D eigenvalue weighted by atomic mass is 16.1. The fraction of sp³-hybridized carbons (Fsp3) is 0.292. The molecule has 3 aromatic rings. The van der Waals surface area contributed by atoms with Gasteiger partial charge in [-0.25, -0.2) is 0 Å². The first-order valence-electron chi connectivity index (χ1n) is 9.76. The van der Waals surface area contributed by atoms with Gasteiger partial charge in [0.2, 0.25) is 5.91 Å². The first-order chi connectivity index (χ1) is 13.2. The molecule has 138 valence electrons. The predicted octanol–water partition coefficient (Wildman–Crippen LogP) is 5.14. The first-order valence-corrected chi connectivity index (χ1v) is 9.76. The molecule has 0 spiro atoms. The topological polar surface area (TPSA) is 32.3 Å². The summed E-state index contributed by atoms with van der Waals surface area (Å²) in [4.78, 5) is 14.8. The molecule has 1 saturated carbocycles. The Kier molecular flexibility index (Phi) is 5.21. The number of nitrogens with one attached hydrogen (secondary N) is 1. The molecule has 0 unspecified atom stereocenters. The van der Waals surface area contributed by atoms with Gasteiger partial charge in [-0.05, 0) is 48.2 Å². The Morgan fingerprint density at radius 2 is 1.74 bits per heavy atom. The number of carbonyl (C=O) groups is 1. The maximum atomic E-state index is 12.4. The number of fused-ring (bicyclic) bond motifs is 1. The van der Waals surface area contributed by atoms with E-state index in [0.29, 0.717) is 12.5 Å². The summed E-state index contributed by atoms with van der Waals surface area (Å²) in [6.45, 7) is 3.75. The number of hydrogen-bond acceptors (Lipinski definition) is 2. The average Bonchev–Trinajstić information content (AvgIpc) is 3.52. The van der Waals surface area contributed by atoms with E-state index in [-0.39, 0.29) is 5.91 Å². The van der Waals surface area contributed by atoms with Gasteiger partial charge < -0.3 is 5.32 Å². The van der Waals surface area contributed by atoms with Crippen molar-refractivity contribution in [2.24, 2.45) is 0 Å². The van der Waals surface area contributed by atoms with Crippen LogP contribution in [0.15, 0.2) is 66.7 Å². The summed E-state index contributed by atoms with van der Waals surface area (Å²) in [6.07, 6.45) is 3.00. The second-order valence-electron chi connectivity index (χ2n) is 7.50. The Hall–Kier alpha value is -2.65. The van der Waals surface area contributed by atoms with Crippen molar-refractivity contribution in [1.82, 2.24) is 4.90 Å². The number of benzene rings is 3. The summed E-state index contributed by atoms with van der Waals surface area (Å²) in [7, 11) is 0. The first kappa shape index (κ1) is 17.7. The number of carbonyl (C=O) groups excluding carboxylic acids is 1. The largest absolute Gasteiger partial charge is 0.326 e. The summed E-state index contributed by atoms with van der Waals surface area (Å²) in [5.74, 6) is 0.0856. The lowest BCUT2D eigenvalue weighted by atomic mass is 10.0. The Morgan fingerprint density at radius 1 is 1.00 bits per heavy atom. The highest BCUT2D eigenvalue weighted by molar-refractivity contribution is 5.90. The van der Waals surface area contributed by atoms with Crippen LogP contribution in [0, 0.1) is 6.92 Å². The van der Waals surface area contributed by atoms with Crippen LogP contribution < -0.4 is 5.32 Å². The van der Waals surface area contributed by atoms with E-state index in [1.807, 2.05) is 31.2 Å². The quantitative estimate of drug-likeness (QED) is 0.634. The molecule has 1 N–H and O–H groups in total. The molecule has 0 aromatic heterocycles. The number of rotatable bonds is 7. The zero-order valence-corrected chi connectivity index (χ0v) is 15.8. The number of aryl methyl sites for hydroxylation is 1. The van der Waals surface area contributed by atoms with Crippen molar-refractivity contribution in [3.8, 4) is 0 Å². The molecule has 0 atom stereocenters. The zero-order chi connectivity index (χ0) is 18.6. The van der Waals surface area contributed by atoms with Crippen LogP contribution in [0.2, 0.25) is 0 Å². The second-order valence-corrected chi connectivity index (χ2v) is 7.50. The highest BCUT2D eigenvalue weighted by Crippen LogP contribution is 2.30. The lowest BCUT2D eigenvalue weighted by Gasteiger charge is -2.22. The molecule has 4 rings (SSSR count). The van der Waals surface area contributed by atoms with Crippen molar-refractivity contribution in [1.29, 1.82) is 0 Å². The Morgan fingerprint density at radius 3 is 2.52 bits per heavy atom. The number of anilines is 1. The van der Waals surface area contributed by atoms with Gasteiger partial charge in [-0.3, -0.25) is 9.69 Å². The minimum atomic E-state index is 0.0856. The van der Waals surface area contributed by atoms with Crippen molar-refractivity contribution in [2.45, 2.75) is 38.8 Å². The van der Waals surface area contributed by atoms with Crippen molar-refractivity contribution in [2.75, 3.05) is 11.9 Å². The van der Waals surface area contributed by atoms with E-state index in [1.165, 1.54) is 34.7 Å². The molecule has 0 heterocycles. The summed E-state index contributed by atoms with van der Waals surface area (Å²) >= 11 is 0. The maximum Gasteiger partial charge on any atom is 0.225 e. The highest BCUT2D eigenvalue weighted by Gasteiger charge is 2.29. The van der Waals surface area contributed by atoms with Crippen LogP contribution in [0.5, 0.6) is 0 Å². The van der Waals surface area contributed by atoms with Crippen molar-refractivity contribution >= 4 is 22.4 Å². The third kappa shape index (κ3) is 4.55. The molecule has 3 heteroatoms. The van der Waals surface area contributed by atoms with E-state index in [0.717, 1.165) is 18.8 Å². The molecule has 1 amide bonds. The van der Waals surface area contributed by atoms with Crippen molar-refractivity contribution in [3.05, 3.63) is 77.9 Å². The van der Waals surface area contributed by atoms with E-state index in [4.69, 9.17) is 0 Å². The molecule has 1 fully saturated rings. The molecular weight excluding hydrogens is 332 g/mol. The molecule has 3 nitrogen and oxygen atoms in total. The Labute approximate surface area is 161 Å². The molecule has 1 aliphatic carbocycles. The van der Waals surface area contributed by atoms with E-state index in [1.54, 1.807) is 0 Å². The molecule has 0 saturated heterocycles. The van der Waals surface area contributed by atoms with Crippen molar-refractivity contribution in [3.63, 3.8) is 0 Å². The van der Waals surface area contributed by atoms with E-state index >= 15 is 0 Å². The molecule has 0 aliphatic heterocycles. The van der Waals surface area contributed by atoms with Gasteiger partial charge in [0.25, 0.3) is 0 Å². The summed E-state index contributed by atoms with van der Waals surface area (Å²) in [6, 6.07) is 23.6. The van der Waals surface area contributed by atoms with Crippen LogP contribution in [0.1, 0.15) is 30.4 Å². The number of hydrogen-bond donors (Lipinski definition) is 1. The SMILES string of the molecule is Cc1ccc(NC(=O)CCN(Cc2cccc3ccccc23)C2CC2)cc1. The summed E-state index contributed by atoms with van der Waals surface area (Å²) in [5.41, 5.74) is 3.42.